The van der Waals surface area contributed by atoms with E-state index in [4.69, 9.17) is 19.9 Å². The van der Waals surface area contributed by atoms with E-state index < -0.39 is 12.1 Å². The first kappa shape index (κ1) is 40.6. The number of rotatable bonds is 7. The zero-order valence-electron chi connectivity index (χ0n) is 34.7. The molecule has 8 bridgehead atoms. The molecule has 3 atom stereocenters. The minimum absolute atomic E-state index is 0. The first-order chi connectivity index (χ1) is 31.0. The zero-order chi connectivity index (χ0) is 42.4. The molecule has 0 unspecified atom stereocenters. The SMILES string of the molecule is CN1C[C@@H](c2ccccc2)[C@H]([N+](=O)[O-])[C@H]1C1=Cc2nc1c(-c1ccccc1)c1ccc([n-]1)c(-c1ccccc1)c1nc(c(-c3ccccc3)c3ccc([n-]3)c2-c2ccccc2)C=C1.[Ni+2]. The summed E-state index contributed by atoms with van der Waals surface area (Å²) in [7, 11) is 1.99. The number of benzene rings is 5. The minimum Gasteiger partial charge on any atom is -0.657 e. The van der Waals surface area contributed by atoms with Crippen LogP contribution in [-0.2, 0) is 16.5 Å². The van der Waals surface area contributed by atoms with Crippen molar-refractivity contribution >= 4 is 45.9 Å². The molecule has 1 fully saturated rings. The van der Waals surface area contributed by atoms with Crippen molar-refractivity contribution in [2.24, 2.45) is 0 Å². The van der Waals surface area contributed by atoms with Crippen LogP contribution in [0.15, 0.2) is 176 Å². The van der Waals surface area contributed by atoms with Gasteiger partial charge in [-0.25, -0.2) is 9.97 Å². The van der Waals surface area contributed by atoms with Gasteiger partial charge in [-0.15, -0.1) is 22.1 Å². The van der Waals surface area contributed by atoms with Crippen molar-refractivity contribution in [1.82, 2.24) is 24.8 Å². The second-order valence-corrected chi connectivity index (χ2v) is 16.2. The molecule has 64 heavy (non-hydrogen) atoms. The molecule has 312 valence electrons. The summed E-state index contributed by atoms with van der Waals surface area (Å²) in [6.45, 7) is 0.505. The van der Waals surface area contributed by atoms with Gasteiger partial charge in [0.25, 0.3) is 0 Å². The molecule has 8 nitrogen and oxygen atoms in total. The molecule has 5 aromatic carbocycles. The van der Waals surface area contributed by atoms with Crippen LogP contribution in [0.25, 0.3) is 90.4 Å². The van der Waals surface area contributed by atoms with Crippen LogP contribution in [0.1, 0.15) is 34.3 Å². The quantitative estimate of drug-likeness (QED) is 0.0893. The second kappa shape index (κ2) is 17.0. The normalized spacial score (nSPS) is 16.9. The number of aromatic nitrogens is 4. The molecule has 0 N–H and O–H groups in total. The van der Waals surface area contributed by atoms with Crippen molar-refractivity contribution in [2.75, 3.05) is 13.6 Å². The molecular weight excluding hydrogens is 835 g/mol. The first-order valence-corrected chi connectivity index (χ1v) is 21.2. The maximum Gasteiger partial charge on any atom is 2.00 e. The van der Waals surface area contributed by atoms with Gasteiger partial charge in [-0.2, -0.15) is 0 Å². The van der Waals surface area contributed by atoms with Gasteiger partial charge in [0.05, 0.1) is 28.7 Å². The van der Waals surface area contributed by atoms with E-state index in [1.165, 1.54) is 0 Å². The number of hydrogen-bond donors (Lipinski definition) is 0. The monoisotopic (exact) mass is 874 g/mol. The van der Waals surface area contributed by atoms with E-state index in [0.717, 1.165) is 83.6 Å². The summed E-state index contributed by atoms with van der Waals surface area (Å²) in [5.41, 5.74) is 14.8. The van der Waals surface area contributed by atoms with Crippen molar-refractivity contribution in [2.45, 2.75) is 18.0 Å². The number of likely N-dealkylation sites (tertiary alicyclic amines) is 1. The molecule has 0 radical (unpaired) electrons. The Morgan fingerprint density at radius 3 is 1.36 bits per heavy atom. The molecule has 3 aliphatic heterocycles. The van der Waals surface area contributed by atoms with Gasteiger partial charge in [0, 0.05) is 17.0 Å². The van der Waals surface area contributed by atoms with Crippen LogP contribution in [0, 0.1) is 10.1 Å². The summed E-state index contributed by atoms with van der Waals surface area (Å²) in [6, 6.07) is 57.4. The van der Waals surface area contributed by atoms with E-state index in [1.54, 1.807) is 0 Å². The molecule has 9 heteroatoms. The summed E-state index contributed by atoms with van der Waals surface area (Å²) in [5, 5.41) is 13.5. The maximum absolute atomic E-state index is 13.5. The van der Waals surface area contributed by atoms with E-state index in [2.05, 4.69) is 89.9 Å². The van der Waals surface area contributed by atoms with Gasteiger partial charge in [0.2, 0.25) is 6.04 Å². The Morgan fingerprint density at radius 2 is 0.922 bits per heavy atom. The first-order valence-electron chi connectivity index (χ1n) is 21.2. The Kier molecular flexibility index (Phi) is 10.8. The zero-order valence-corrected chi connectivity index (χ0v) is 35.7. The molecule has 3 aliphatic rings. The summed E-state index contributed by atoms with van der Waals surface area (Å²) in [6.07, 6.45) is 6.22. The van der Waals surface area contributed by atoms with Crippen molar-refractivity contribution < 1.29 is 21.4 Å². The fourth-order valence-corrected chi connectivity index (χ4v) is 9.71. The van der Waals surface area contributed by atoms with Crippen molar-refractivity contribution in [3.8, 4) is 44.5 Å². The molecule has 11 rings (SSSR count). The number of nitro groups is 1. The molecule has 6 heterocycles. The second-order valence-electron chi connectivity index (χ2n) is 16.2. The van der Waals surface area contributed by atoms with E-state index in [1.807, 2.05) is 116 Å². The smallest absolute Gasteiger partial charge is 0.657 e. The number of nitrogens with zero attached hydrogens (tertiary/aromatic N) is 6. The molecule has 0 spiro atoms. The minimum atomic E-state index is -0.954. The van der Waals surface area contributed by atoms with Gasteiger partial charge < -0.3 is 9.97 Å². The van der Waals surface area contributed by atoms with Crippen LogP contribution < -0.4 is 9.97 Å². The van der Waals surface area contributed by atoms with Gasteiger partial charge in [0.15, 0.2) is 0 Å². The van der Waals surface area contributed by atoms with Gasteiger partial charge in [-0.3, -0.25) is 15.0 Å². The molecular formula is C55H40N6NiO2. The van der Waals surface area contributed by atoms with Crippen LogP contribution >= 0.6 is 0 Å². The molecule has 1 saturated heterocycles. The molecule has 8 aromatic rings. The van der Waals surface area contributed by atoms with E-state index in [-0.39, 0.29) is 27.3 Å². The number of hydrogen-bond acceptors (Lipinski definition) is 5. The summed E-state index contributed by atoms with van der Waals surface area (Å²) in [5.74, 6) is -0.346. The third-order valence-electron chi connectivity index (χ3n) is 12.5. The number of fused-ring (bicyclic) bond motifs is 8. The van der Waals surface area contributed by atoms with Crippen molar-refractivity contribution in [1.29, 1.82) is 0 Å². The van der Waals surface area contributed by atoms with E-state index >= 15 is 0 Å². The third-order valence-corrected chi connectivity index (χ3v) is 12.5. The van der Waals surface area contributed by atoms with Gasteiger partial charge in [-0.1, -0.05) is 176 Å². The van der Waals surface area contributed by atoms with Crippen molar-refractivity contribution in [3.63, 3.8) is 0 Å². The Labute approximate surface area is 380 Å². The average molecular weight is 876 g/mol. The van der Waals surface area contributed by atoms with E-state index in [9.17, 15) is 10.1 Å². The average Bonchev–Trinajstić information content (AvgIpc) is 4.19. The summed E-state index contributed by atoms with van der Waals surface area (Å²) in [4.78, 5) is 37.5. The Hall–Kier alpha value is -7.45. The van der Waals surface area contributed by atoms with Crippen LogP contribution in [0.2, 0.25) is 0 Å². The Morgan fingerprint density at radius 1 is 0.531 bits per heavy atom. The predicted molar refractivity (Wildman–Crippen MR) is 254 cm³/mol. The maximum atomic E-state index is 13.5. The molecule has 0 saturated carbocycles. The van der Waals surface area contributed by atoms with Crippen LogP contribution in [-0.4, -0.2) is 45.5 Å². The van der Waals surface area contributed by atoms with Crippen molar-refractivity contribution in [3.05, 3.63) is 214 Å². The van der Waals surface area contributed by atoms with Gasteiger partial charge in [0.1, 0.15) is 6.04 Å². The summed E-state index contributed by atoms with van der Waals surface area (Å²) >= 11 is 0. The third kappa shape index (κ3) is 7.19. The fourth-order valence-electron chi connectivity index (χ4n) is 9.71. The van der Waals surface area contributed by atoms with Gasteiger partial charge in [-0.05, 0) is 75.3 Å². The van der Waals surface area contributed by atoms with Crippen LogP contribution in [0.5, 0.6) is 0 Å². The standard InChI is InChI=1S/C55H40N6O2.Ni/c1-60-34-41(35-17-7-2-8-18-35)55(61(62)63)54(60)40-33-48-51(38-23-13-5-14-24-38)46-30-29-44(57-46)49(36-19-9-3-10-20-36)42-27-28-43(56-42)50(37-21-11-4-12-22-37)45-31-32-47(58-45)52(53(40)59-48)39-25-15-6-16-26-39;/h2-33,41,54-55H,34H2,1H3;/q-2;+2/t41-,54+,55-;/m0./s1. The fraction of sp³-hybridized carbons (Fsp3) is 0.0909. The predicted octanol–water partition coefficient (Wildman–Crippen LogP) is 11.7. The number of likely N-dealkylation sites (N-methyl/N-ethyl adjacent to an activating group) is 1. The Balaban J connectivity index is 0.00000484. The molecule has 0 aliphatic carbocycles. The largest absolute Gasteiger partial charge is 2.00 e. The Bertz CT molecular complexity index is 3260. The molecule has 3 aromatic heterocycles. The van der Waals surface area contributed by atoms with Crippen LogP contribution in [0.4, 0.5) is 0 Å². The topological polar surface area (TPSA) is 100 Å². The van der Waals surface area contributed by atoms with Crippen LogP contribution in [0.3, 0.4) is 0 Å². The van der Waals surface area contributed by atoms with Gasteiger partial charge >= 0.3 is 16.5 Å². The van der Waals surface area contributed by atoms with E-state index in [0.29, 0.717) is 23.4 Å². The summed E-state index contributed by atoms with van der Waals surface area (Å²) < 4.78 is 0. The molecule has 0 amide bonds.